The van der Waals surface area contributed by atoms with Gasteiger partial charge in [-0.1, -0.05) is 30.3 Å². The standard InChI is InChI=1S/C17H14F2N2O2S/c18-14-6-3-7-15(19)13(14)10-21-24(22,23)17-9-2-4-11-12(17)5-1-8-16(11)20/h1-9,21H,10,20H2. The number of sulfonamides is 1. The SMILES string of the molecule is Nc1cccc2c(S(=O)(=O)NCc3c(F)cccc3F)cccc12. The van der Waals surface area contributed by atoms with E-state index in [0.29, 0.717) is 16.5 Å². The minimum atomic E-state index is -3.97. The summed E-state index contributed by atoms with van der Waals surface area (Å²) >= 11 is 0. The minimum Gasteiger partial charge on any atom is -0.398 e. The average molecular weight is 348 g/mol. The maximum atomic E-state index is 13.6. The first-order chi connectivity index (χ1) is 11.4. The van der Waals surface area contributed by atoms with Gasteiger partial charge in [0.25, 0.3) is 0 Å². The lowest BCUT2D eigenvalue weighted by atomic mass is 10.1. The Morgan fingerprint density at radius 3 is 2.17 bits per heavy atom. The Kier molecular flexibility index (Phi) is 4.21. The smallest absolute Gasteiger partial charge is 0.241 e. The second-order valence-corrected chi connectivity index (χ2v) is 6.96. The zero-order valence-electron chi connectivity index (χ0n) is 12.5. The van der Waals surface area contributed by atoms with E-state index in [9.17, 15) is 17.2 Å². The summed E-state index contributed by atoms with van der Waals surface area (Å²) in [6, 6.07) is 13.0. The molecular formula is C17H14F2N2O2S. The van der Waals surface area contributed by atoms with E-state index in [1.54, 1.807) is 30.3 Å². The van der Waals surface area contributed by atoms with E-state index in [1.807, 2.05) is 0 Å². The molecule has 0 aliphatic heterocycles. The normalized spacial score (nSPS) is 11.8. The largest absolute Gasteiger partial charge is 0.398 e. The van der Waals surface area contributed by atoms with Crippen LogP contribution in [0.4, 0.5) is 14.5 Å². The summed E-state index contributed by atoms with van der Waals surface area (Å²) in [5, 5.41) is 1.04. The van der Waals surface area contributed by atoms with Gasteiger partial charge in [0.05, 0.1) is 4.90 Å². The van der Waals surface area contributed by atoms with E-state index in [1.165, 1.54) is 12.1 Å². The van der Waals surface area contributed by atoms with Crippen LogP contribution in [0, 0.1) is 11.6 Å². The number of nitrogens with two attached hydrogens (primary N) is 1. The van der Waals surface area contributed by atoms with Crippen LogP contribution < -0.4 is 10.5 Å². The molecule has 0 spiro atoms. The molecule has 124 valence electrons. The van der Waals surface area contributed by atoms with Gasteiger partial charge in [-0.3, -0.25) is 0 Å². The van der Waals surface area contributed by atoms with Gasteiger partial charge in [0.2, 0.25) is 10.0 Å². The summed E-state index contributed by atoms with van der Waals surface area (Å²) in [5.41, 5.74) is 5.97. The number of fused-ring (bicyclic) bond motifs is 1. The number of nitrogen functional groups attached to an aromatic ring is 1. The summed E-state index contributed by atoms with van der Waals surface area (Å²) in [7, 11) is -3.97. The Labute approximate surface area is 138 Å². The van der Waals surface area contributed by atoms with Crippen LogP contribution in [0.3, 0.4) is 0 Å². The van der Waals surface area contributed by atoms with E-state index >= 15 is 0 Å². The van der Waals surface area contributed by atoms with Crippen LogP contribution in [0.1, 0.15) is 5.56 Å². The van der Waals surface area contributed by atoms with E-state index < -0.39 is 28.2 Å². The fourth-order valence-electron chi connectivity index (χ4n) is 2.49. The van der Waals surface area contributed by atoms with Crippen molar-refractivity contribution in [1.29, 1.82) is 0 Å². The number of halogens is 2. The van der Waals surface area contributed by atoms with Crippen molar-refractivity contribution in [3.05, 3.63) is 71.8 Å². The van der Waals surface area contributed by atoms with Crippen molar-refractivity contribution in [2.24, 2.45) is 0 Å². The summed E-state index contributed by atoms with van der Waals surface area (Å²) in [6.45, 7) is -0.487. The fourth-order valence-corrected chi connectivity index (χ4v) is 3.70. The van der Waals surface area contributed by atoms with Crippen LogP contribution in [-0.4, -0.2) is 8.42 Å². The molecule has 0 radical (unpaired) electrons. The molecule has 0 aliphatic carbocycles. The van der Waals surface area contributed by atoms with Crippen molar-refractivity contribution in [1.82, 2.24) is 4.72 Å². The molecule has 3 aromatic rings. The highest BCUT2D eigenvalue weighted by atomic mass is 32.2. The molecule has 3 aromatic carbocycles. The van der Waals surface area contributed by atoms with Crippen LogP contribution in [-0.2, 0) is 16.6 Å². The number of hydrogen-bond donors (Lipinski definition) is 2. The molecular weight excluding hydrogens is 334 g/mol. The predicted molar refractivity (Wildman–Crippen MR) is 88.7 cm³/mol. The van der Waals surface area contributed by atoms with E-state index in [-0.39, 0.29) is 10.5 Å². The van der Waals surface area contributed by atoms with Crippen molar-refractivity contribution in [2.75, 3.05) is 5.73 Å². The molecule has 0 atom stereocenters. The van der Waals surface area contributed by atoms with Crippen LogP contribution in [0.5, 0.6) is 0 Å². The van der Waals surface area contributed by atoms with Crippen LogP contribution >= 0.6 is 0 Å². The maximum Gasteiger partial charge on any atom is 0.241 e. The summed E-state index contributed by atoms with van der Waals surface area (Å²) in [6.07, 6.45) is 0. The number of benzene rings is 3. The Bertz CT molecular complexity index is 1000. The molecule has 0 saturated carbocycles. The lowest BCUT2D eigenvalue weighted by molar-refractivity contribution is 0.544. The molecule has 0 fully saturated rings. The molecule has 0 unspecified atom stereocenters. The molecule has 3 rings (SSSR count). The Morgan fingerprint density at radius 1 is 0.875 bits per heavy atom. The molecule has 3 N–H and O–H groups in total. The van der Waals surface area contributed by atoms with Gasteiger partial charge in [-0.05, 0) is 24.3 Å². The highest BCUT2D eigenvalue weighted by Gasteiger charge is 2.19. The third-order valence-electron chi connectivity index (χ3n) is 3.71. The lowest BCUT2D eigenvalue weighted by Gasteiger charge is -2.11. The zero-order valence-corrected chi connectivity index (χ0v) is 13.3. The second-order valence-electron chi connectivity index (χ2n) is 5.22. The van der Waals surface area contributed by atoms with Crippen molar-refractivity contribution >= 4 is 26.5 Å². The van der Waals surface area contributed by atoms with Crippen molar-refractivity contribution in [3.8, 4) is 0 Å². The van der Waals surface area contributed by atoms with Gasteiger partial charge < -0.3 is 5.73 Å². The topological polar surface area (TPSA) is 72.2 Å². The second kappa shape index (κ2) is 6.18. The highest BCUT2D eigenvalue weighted by Crippen LogP contribution is 2.27. The number of nitrogens with one attached hydrogen (secondary N) is 1. The molecule has 4 nitrogen and oxygen atoms in total. The van der Waals surface area contributed by atoms with Crippen LogP contribution in [0.25, 0.3) is 10.8 Å². The first-order valence-electron chi connectivity index (χ1n) is 7.10. The summed E-state index contributed by atoms with van der Waals surface area (Å²) < 4.78 is 54.6. The van der Waals surface area contributed by atoms with E-state index in [2.05, 4.69) is 4.72 Å². The molecule has 0 aliphatic rings. The molecule has 24 heavy (non-hydrogen) atoms. The number of rotatable bonds is 4. The van der Waals surface area contributed by atoms with E-state index in [4.69, 9.17) is 5.73 Å². The first kappa shape index (κ1) is 16.4. The predicted octanol–water partition coefficient (Wildman–Crippen LogP) is 3.18. The Balaban J connectivity index is 1.99. The molecule has 0 heterocycles. The summed E-state index contributed by atoms with van der Waals surface area (Å²) in [4.78, 5) is 0.00375. The van der Waals surface area contributed by atoms with Gasteiger partial charge in [-0.15, -0.1) is 0 Å². The van der Waals surface area contributed by atoms with Gasteiger partial charge in [-0.2, -0.15) is 0 Å². The molecule has 0 saturated heterocycles. The van der Waals surface area contributed by atoms with Crippen LogP contribution in [0.15, 0.2) is 59.5 Å². The lowest BCUT2D eigenvalue weighted by Crippen LogP contribution is -2.24. The molecule has 0 bridgehead atoms. The quantitative estimate of drug-likeness (QED) is 0.711. The number of anilines is 1. The van der Waals surface area contributed by atoms with E-state index in [0.717, 1.165) is 12.1 Å². The Morgan fingerprint density at radius 2 is 1.46 bits per heavy atom. The van der Waals surface area contributed by atoms with Gasteiger partial charge >= 0.3 is 0 Å². The van der Waals surface area contributed by atoms with Crippen molar-refractivity contribution in [3.63, 3.8) is 0 Å². The van der Waals surface area contributed by atoms with Gasteiger partial charge in [0, 0.05) is 28.6 Å². The van der Waals surface area contributed by atoms with Gasteiger partial charge in [0.1, 0.15) is 11.6 Å². The molecule has 7 heteroatoms. The Hall–Kier alpha value is -2.51. The van der Waals surface area contributed by atoms with Gasteiger partial charge in [-0.25, -0.2) is 21.9 Å². The fraction of sp³-hybridized carbons (Fsp3) is 0.0588. The summed E-state index contributed by atoms with van der Waals surface area (Å²) in [5.74, 6) is -1.61. The van der Waals surface area contributed by atoms with Gasteiger partial charge in [0.15, 0.2) is 0 Å². The average Bonchev–Trinajstić information content (AvgIpc) is 2.54. The maximum absolute atomic E-state index is 13.6. The third-order valence-corrected chi connectivity index (χ3v) is 5.17. The zero-order chi connectivity index (χ0) is 17.3. The van der Waals surface area contributed by atoms with Crippen LogP contribution in [0.2, 0.25) is 0 Å². The monoisotopic (exact) mass is 348 g/mol. The van der Waals surface area contributed by atoms with Crippen molar-refractivity contribution < 1.29 is 17.2 Å². The molecule has 0 aromatic heterocycles. The van der Waals surface area contributed by atoms with Crippen molar-refractivity contribution in [2.45, 2.75) is 11.4 Å². The third kappa shape index (κ3) is 2.95. The highest BCUT2D eigenvalue weighted by molar-refractivity contribution is 7.89. The minimum absolute atomic E-state index is 0.00375. The number of hydrogen-bond acceptors (Lipinski definition) is 3. The first-order valence-corrected chi connectivity index (χ1v) is 8.58. The molecule has 0 amide bonds.